The van der Waals surface area contributed by atoms with Crippen molar-refractivity contribution in [1.82, 2.24) is 9.97 Å². The maximum Gasteiger partial charge on any atom is 0.137 e. The van der Waals surface area contributed by atoms with Crippen molar-refractivity contribution < 1.29 is 0 Å². The van der Waals surface area contributed by atoms with Crippen LogP contribution in [-0.4, -0.2) is 22.6 Å². The predicted molar refractivity (Wildman–Crippen MR) is 71.6 cm³/mol. The first-order valence-electron chi connectivity index (χ1n) is 6.39. The molecule has 1 aliphatic heterocycles. The largest absolute Gasteiger partial charge is 0.353 e. The van der Waals surface area contributed by atoms with Crippen LogP contribution in [0.25, 0.3) is 0 Å². The molecule has 17 heavy (non-hydrogen) atoms. The quantitative estimate of drug-likeness (QED) is 0.774. The summed E-state index contributed by atoms with van der Waals surface area (Å²) in [5.74, 6) is 1.77. The first-order valence-corrected chi connectivity index (χ1v) is 6.77. The SMILES string of the molecule is CCCc1c(Cl)ncnc1N1CC(C)CC1C. The first kappa shape index (κ1) is 12.6. The van der Waals surface area contributed by atoms with E-state index in [4.69, 9.17) is 11.6 Å². The van der Waals surface area contributed by atoms with E-state index < -0.39 is 0 Å². The number of hydrogen-bond acceptors (Lipinski definition) is 3. The fourth-order valence-corrected chi connectivity index (χ4v) is 2.91. The summed E-state index contributed by atoms with van der Waals surface area (Å²) in [5, 5.41) is 0.614. The number of rotatable bonds is 3. The lowest BCUT2D eigenvalue weighted by Crippen LogP contribution is -2.29. The number of halogens is 1. The van der Waals surface area contributed by atoms with Gasteiger partial charge < -0.3 is 4.90 Å². The van der Waals surface area contributed by atoms with Crippen LogP contribution in [0.1, 0.15) is 39.2 Å². The molecule has 0 aliphatic carbocycles. The number of aromatic nitrogens is 2. The summed E-state index contributed by atoms with van der Waals surface area (Å²) in [4.78, 5) is 10.9. The van der Waals surface area contributed by atoms with Crippen molar-refractivity contribution in [3.05, 3.63) is 17.0 Å². The molecule has 1 saturated heterocycles. The highest BCUT2D eigenvalue weighted by Gasteiger charge is 2.29. The highest BCUT2D eigenvalue weighted by molar-refractivity contribution is 6.30. The summed E-state index contributed by atoms with van der Waals surface area (Å²) in [5.41, 5.74) is 1.11. The molecule has 1 fully saturated rings. The Bertz CT molecular complexity index is 394. The second-order valence-corrected chi connectivity index (χ2v) is 5.42. The van der Waals surface area contributed by atoms with Gasteiger partial charge in [-0.15, -0.1) is 0 Å². The molecular formula is C13H20ClN3. The Morgan fingerprint density at radius 1 is 1.41 bits per heavy atom. The molecule has 0 aromatic carbocycles. The molecule has 0 N–H and O–H groups in total. The Morgan fingerprint density at radius 2 is 2.18 bits per heavy atom. The van der Waals surface area contributed by atoms with Crippen LogP contribution >= 0.6 is 11.6 Å². The van der Waals surface area contributed by atoms with Gasteiger partial charge in [0.05, 0.1) is 0 Å². The highest BCUT2D eigenvalue weighted by atomic mass is 35.5. The summed E-state index contributed by atoms with van der Waals surface area (Å²) in [6.07, 6.45) is 4.82. The van der Waals surface area contributed by atoms with E-state index in [1.807, 2.05) is 0 Å². The standard InChI is InChI=1S/C13H20ClN3/c1-4-5-11-12(14)15-8-16-13(11)17-7-9(2)6-10(17)3/h8-10H,4-7H2,1-3H3. The molecule has 2 heterocycles. The monoisotopic (exact) mass is 253 g/mol. The molecule has 0 spiro atoms. The van der Waals surface area contributed by atoms with Gasteiger partial charge in [-0.2, -0.15) is 0 Å². The van der Waals surface area contributed by atoms with Crippen molar-refractivity contribution in [3.63, 3.8) is 0 Å². The third kappa shape index (κ3) is 2.54. The Balaban J connectivity index is 2.34. The van der Waals surface area contributed by atoms with E-state index >= 15 is 0 Å². The molecule has 3 nitrogen and oxygen atoms in total. The Labute approximate surface area is 108 Å². The van der Waals surface area contributed by atoms with Crippen LogP contribution in [0.4, 0.5) is 5.82 Å². The normalized spacial score (nSPS) is 24.4. The van der Waals surface area contributed by atoms with Crippen LogP contribution in [0.3, 0.4) is 0 Å². The molecule has 1 aliphatic rings. The van der Waals surface area contributed by atoms with Crippen molar-refractivity contribution in [1.29, 1.82) is 0 Å². The van der Waals surface area contributed by atoms with Crippen molar-refractivity contribution in [2.24, 2.45) is 5.92 Å². The van der Waals surface area contributed by atoms with E-state index in [1.165, 1.54) is 6.42 Å². The van der Waals surface area contributed by atoms with Gasteiger partial charge in [0.1, 0.15) is 17.3 Å². The van der Waals surface area contributed by atoms with Crippen LogP contribution < -0.4 is 4.90 Å². The van der Waals surface area contributed by atoms with Gasteiger partial charge in [0.2, 0.25) is 0 Å². The summed E-state index contributed by atoms with van der Waals surface area (Å²) >= 11 is 6.19. The molecule has 4 heteroatoms. The van der Waals surface area contributed by atoms with E-state index in [0.717, 1.165) is 36.7 Å². The minimum atomic E-state index is 0.548. The van der Waals surface area contributed by atoms with Crippen LogP contribution in [0.15, 0.2) is 6.33 Å². The molecule has 2 unspecified atom stereocenters. The maximum absolute atomic E-state index is 6.19. The van der Waals surface area contributed by atoms with Crippen molar-refractivity contribution in [2.75, 3.05) is 11.4 Å². The van der Waals surface area contributed by atoms with Crippen LogP contribution in [0.5, 0.6) is 0 Å². The third-order valence-electron chi connectivity index (χ3n) is 3.43. The second kappa shape index (κ2) is 5.21. The lowest BCUT2D eigenvalue weighted by Gasteiger charge is -2.25. The fourth-order valence-electron chi connectivity index (χ4n) is 2.69. The summed E-state index contributed by atoms with van der Waals surface area (Å²) in [6, 6.07) is 0.548. The summed E-state index contributed by atoms with van der Waals surface area (Å²) < 4.78 is 0. The zero-order chi connectivity index (χ0) is 12.4. The molecule has 1 aromatic rings. The van der Waals surface area contributed by atoms with Gasteiger partial charge in [-0.05, 0) is 25.7 Å². The molecule has 0 amide bonds. The topological polar surface area (TPSA) is 29.0 Å². The van der Waals surface area contributed by atoms with Crippen LogP contribution in [0.2, 0.25) is 5.15 Å². The minimum Gasteiger partial charge on any atom is -0.353 e. The Morgan fingerprint density at radius 3 is 2.76 bits per heavy atom. The van der Waals surface area contributed by atoms with Crippen LogP contribution in [0, 0.1) is 5.92 Å². The van der Waals surface area contributed by atoms with E-state index in [0.29, 0.717) is 11.2 Å². The predicted octanol–water partition coefficient (Wildman–Crippen LogP) is 3.32. The fraction of sp³-hybridized carbons (Fsp3) is 0.692. The minimum absolute atomic E-state index is 0.548. The van der Waals surface area contributed by atoms with Gasteiger partial charge in [-0.1, -0.05) is 31.9 Å². The summed E-state index contributed by atoms with van der Waals surface area (Å²) in [6.45, 7) is 7.78. The Hall–Kier alpha value is -0.830. The van der Waals surface area contributed by atoms with Crippen molar-refractivity contribution in [2.45, 2.75) is 46.1 Å². The number of hydrogen-bond donors (Lipinski definition) is 0. The maximum atomic E-state index is 6.19. The van der Waals surface area contributed by atoms with Gasteiger partial charge in [0, 0.05) is 18.2 Å². The number of nitrogens with zero attached hydrogens (tertiary/aromatic N) is 3. The first-order chi connectivity index (χ1) is 8.13. The number of anilines is 1. The van der Waals surface area contributed by atoms with Crippen molar-refractivity contribution in [3.8, 4) is 0 Å². The zero-order valence-corrected chi connectivity index (χ0v) is 11.5. The van der Waals surface area contributed by atoms with E-state index in [2.05, 4.69) is 35.6 Å². The molecular weight excluding hydrogens is 234 g/mol. The van der Waals surface area contributed by atoms with E-state index in [9.17, 15) is 0 Å². The molecule has 1 aromatic heterocycles. The molecule has 0 bridgehead atoms. The van der Waals surface area contributed by atoms with Gasteiger partial charge in [-0.25, -0.2) is 9.97 Å². The van der Waals surface area contributed by atoms with Crippen molar-refractivity contribution >= 4 is 17.4 Å². The van der Waals surface area contributed by atoms with Crippen LogP contribution in [-0.2, 0) is 6.42 Å². The smallest absolute Gasteiger partial charge is 0.137 e. The zero-order valence-electron chi connectivity index (χ0n) is 10.8. The molecule has 0 radical (unpaired) electrons. The highest BCUT2D eigenvalue weighted by Crippen LogP contribution is 2.32. The molecule has 0 saturated carbocycles. The summed E-state index contributed by atoms with van der Waals surface area (Å²) in [7, 11) is 0. The lowest BCUT2D eigenvalue weighted by molar-refractivity contribution is 0.625. The van der Waals surface area contributed by atoms with Gasteiger partial charge in [0.25, 0.3) is 0 Å². The van der Waals surface area contributed by atoms with Gasteiger partial charge >= 0.3 is 0 Å². The second-order valence-electron chi connectivity index (χ2n) is 5.06. The average molecular weight is 254 g/mol. The lowest BCUT2D eigenvalue weighted by atomic mass is 10.1. The molecule has 2 atom stereocenters. The molecule has 94 valence electrons. The van der Waals surface area contributed by atoms with E-state index in [1.54, 1.807) is 6.33 Å². The van der Waals surface area contributed by atoms with Gasteiger partial charge in [-0.3, -0.25) is 0 Å². The van der Waals surface area contributed by atoms with E-state index in [-0.39, 0.29) is 0 Å². The van der Waals surface area contributed by atoms with Gasteiger partial charge in [0.15, 0.2) is 0 Å². The molecule has 2 rings (SSSR count). The Kier molecular flexibility index (Phi) is 3.87. The average Bonchev–Trinajstić information content (AvgIpc) is 2.61. The third-order valence-corrected chi connectivity index (χ3v) is 3.75.